The minimum absolute atomic E-state index is 0.193. The van der Waals surface area contributed by atoms with Crippen LogP contribution in [0.25, 0.3) is 10.9 Å². The van der Waals surface area contributed by atoms with Crippen LogP contribution in [0.1, 0.15) is 21.7 Å². The first-order chi connectivity index (χ1) is 13.1. The van der Waals surface area contributed by atoms with E-state index in [9.17, 15) is 13.6 Å². The monoisotopic (exact) mass is 366 g/mol. The maximum atomic E-state index is 13.4. The van der Waals surface area contributed by atoms with E-state index in [0.29, 0.717) is 30.0 Å². The molecule has 6 heteroatoms. The van der Waals surface area contributed by atoms with Gasteiger partial charge in [0.25, 0.3) is 5.91 Å². The average Bonchev–Trinajstić information content (AvgIpc) is 3.32. The molecule has 0 aliphatic heterocycles. The zero-order valence-corrected chi connectivity index (χ0v) is 14.3. The fourth-order valence-electron chi connectivity index (χ4n) is 3.00. The van der Waals surface area contributed by atoms with Crippen LogP contribution in [0.15, 0.2) is 71.5 Å². The summed E-state index contributed by atoms with van der Waals surface area (Å²) in [5.41, 5.74) is 2.11. The molecule has 2 aromatic carbocycles. The van der Waals surface area contributed by atoms with Gasteiger partial charge in [-0.25, -0.2) is 8.78 Å². The topological polar surface area (TPSA) is 47.2 Å². The van der Waals surface area contributed by atoms with Crippen molar-refractivity contribution in [2.45, 2.75) is 13.1 Å². The van der Waals surface area contributed by atoms with E-state index in [2.05, 4.69) is 5.32 Å². The zero-order valence-electron chi connectivity index (χ0n) is 14.3. The summed E-state index contributed by atoms with van der Waals surface area (Å²) in [4.78, 5) is 12.3. The molecular formula is C21H16F2N2O2. The third-order valence-electron chi connectivity index (χ3n) is 4.37. The predicted molar refractivity (Wildman–Crippen MR) is 97.3 cm³/mol. The van der Waals surface area contributed by atoms with Crippen LogP contribution in [0, 0.1) is 11.6 Å². The Kier molecular flexibility index (Phi) is 4.46. The van der Waals surface area contributed by atoms with E-state index in [1.165, 1.54) is 6.07 Å². The number of aromatic nitrogens is 1. The Morgan fingerprint density at radius 3 is 2.70 bits per heavy atom. The van der Waals surface area contributed by atoms with Crippen LogP contribution in [0.4, 0.5) is 8.78 Å². The van der Waals surface area contributed by atoms with Crippen LogP contribution in [0.5, 0.6) is 0 Å². The highest BCUT2D eigenvalue weighted by Gasteiger charge is 2.10. The largest absolute Gasteiger partial charge is 0.467 e. The lowest BCUT2D eigenvalue weighted by molar-refractivity contribution is 0.0948. The molecule has 0 atom stereocenters. The van der Waals surface area contributed by atoms with Gasteiger partial charge in [0.2, 0.25) is 0 Å². The van der Waals surface area contributed by atoms with Crippen molar-refractivity contribution in [3.8, 4) is 0 Å². The summed E-state index contributed by atoms with van der Waals surface area (Å²) in [6, 6.07) is 14.7. The molecule has 0 saturated carbocycles. The minimum Gasteiger partial charge on any atom is -0.467 e. The fourth-order valence-corrected chi connectivity index (χ4v) is 3.00. The predicted octanol–water partition coefficient (Wildman–Crippen LogP) is 4.49. The van der Waals surface area contributed by atoms with Crippen molar-refractivity contribution in [3.63, 3.8) is 0 Å². The van der Waals surface area contributed by atoms with Gasteiger partial charge in [-0.15, -0.1) is 0 Å². The molecular weight excluding hydrogens is 350 g/mol. The van der Waals surface area contributed by atoms with Crippen LogP contribution < -0.4 is 5.32 Å². The molecule has 0 spiro atoms. The summed E-state index contributed by atoms with van der Waals surface area (Å²) >= 11 is 0. The van der Waals surface area contributed by atoms with E-state index in [0.717, 1.165) is 17.0 Å². The zero-order chi connectivity index (χ0) is 18.8. The molecule has 27 heavy (non-hydrogen) atoms. The van der Waals surface area contributed by atoms with Crippen molar-refractivity contribution in [2.75, 3.05) is 0 Å². The number of carbonyl (C=O) groups is 1. The Labute approximate surface area is 154 Å². The highest BCUT2D eigenvalue weighted by atomic mass is 19.2. The second-order valence-corrected chi connectivity index (χ2v) is 6.23. The summed E-state index contributed by atoms with van der Waals surface area (Å²) in [6.07, 6.45) is 3.42. The van der Waals surface area contributed by atoms with Gasteiger partial charge in [-0.3, -0.25) is 4.79 Å². The molecule has 2 aromatic heterocycles. The normalized spacial score (nSPS) is 11.0. The maximum absolute atomic E-state index is 13.4. The van der Waals surface area contributed by atoms with Gasteiger partial charge in [-0.05, 0) is 54.1 Å². The molecule has 0 aliphatic carbocycles. The highest BCUT2D eigenvalue weighted by Crippen LogP contribution is 2.20. The van der Waals surface area contributed by atoms with Crippen LogP contribution in [-0.4, -0.2) is 10.5 Å². The van der Waals surface area contributed by atoms with Gasteiger partial charge in [0.05, 0.1) is 12.8 Å². The molecule has 0 radical (unpaired) electrons. The van der Waals surface area contributed by atoms with Crippen molar-refractivity contribution in [2.24, 2.45) is 0 Å². The lowest BCUT2D eigenvalue weighted by atomic mass is 10.1. The van der Waals surface area contributed by atoms with Crippen molar-refractivity contribution >= 4 is 16.8 Å². The highest BCUT2D eigenvalue weighted by molar-refractivity contribution is 5.98. The van der Waals surface area contributed by atoms with E-state index in [1.54, 1.807) is 36.6 Å². The lowest BCUT2D eigenvalue weighted by Gasteiger charge is -2.08. The van der Waals surface area contributed by atoms with Gasteiger partial charge < -0.3 is 14.3 Å². The molecule has 0 aliphatic rings. The Morgan fingerprint density at radius 1 is 1.04 bits per heavy atom. The van der Waals surface area contributed by atoms with E-state index < -0.39 is 11.6 Å². The number of hydrogen-bond donors (Lipinski definition) is 1. The third-order valence-corrected chi connectivity index (χ3v) is 4.37. The van der Waals surface area contributed by atoms with Gasteiger partial charge >= 0.3 is 0 Å². The number of carbonyl (C=O) groups excluding carboxylic acids is 1. The number of fused-ring (bicyclic) bond motifs is 1. The second kappa shape index (κ2) is 7.07. The number of hydrogen-bond acceptors (Lipinski definition) is 2. The summed E-state index contributed by atoms with van der Waals surface area (Å²) in [5, 5.41) is 3.70. The van der Waals surface area contributed by atoms with E-state index in [-0.39, 0.29) is 5.91 Å². The van der Waals surface area contributed by atoms with Gasteiger partial charge in [0.1, 0.15) is 5.76 Å². The smallest absolute Gasteiger partial charge is 0.251 e. The Morgan fingerprint density at radius 2 is 1.93 bits per heavy atom. The first-order valence-electron chi connectivity index (χ1n) is 8.43. The molecule has 4 rings (SSSR count). The van der Waals surface area contributed by atoms with E-state index in [1.807, 2.05) is 22.9 Å². The molecule has 4 nitrogen and oxygen atoms in total. The second-order valence-electron chi connectivity index (χ2n) is 6.23. The molecule has 0 bridgehead atoms. The third kappa shape index (κ3) is 3.60. The summed E-state index contributed by atoms with van der Waals surface area (Å²) in [6.45, 7) is 0.728. The molecule has 136 valence electrons. The number of rotatable bonds is 5. The van der Waals surface area contributed by atoms with Crippen LogP contribution in [-0.2, 0) is 13.1 Å². The first-order valence-corrected chi connectivity index (χ1v) is 8.43. The van der Waals surface area contributed by atoms with Crippen LogP contribution in [0.3, 0.4) is 0 Å². The van der Waals surface area contributed by atoms with Gasteiger partial charge in [0.15, 0.2) is 11.6 Å². The first kappa shape index (κ1) is 17.0. The van der Waals surface area contributed by atoms with Crippen molar-refractivity contribution in [1.82, 2.24) is 9.88 Å². The summed E-state index contributed by atoms with van der Waals surface area (Å²) in [5.74, 6) is -1.23. The van der Waals surface area contributed by atoms with Gasteiger partial charge in [-0.1, -0.05) is 6.07 Å². The van der Waals surface area contributed by atoms with E-state index in [4.69, 9.17) is 4.42 Å². The summed E-state index contributed by atoms with van der Waals surface area (Å²) in [7, 11) is 0. The average molecular weight is 366 g/mol. The Bertz CT molecular complexity index is 1100. The van der Waals surface area contributed by atoms with Crippen LogP contribution in [0.2, 0.25) is 0 Å². The Hall–Kier alpha value is -3.41. The van der Waals surface area contributed by atoms with Gasteiger partial charge in [-0.2, -0.15) is 0 Å². The molecule has 1 amide bonds. The number of nitrogens with one attached hydrogen (secondary N) is 1. The molecule has 4 aromatic rings. The molecule has 0 fully saturated rings. The minimum atomic E-state index is -0.862. The number of nitrogens with zero attached hydrogens (tertiary/aromatic N) is 1. The van der Waals surface area contributed by atoms with E-state index >= 15 is 0 Å². The standard InChI is InChI=1S/C21H16F2N2O2/c22-18-5-3-14(10-19(18)23)13-25-8-7-15-11-16(4-6-20(15)25)21(26)24-12-17-2-1-9-27-17/h1-11H,12-13H2,(H,24,26). The van der Waals surface area contributed by atoms with Crippen molar-refractivity contribution in [3.05, 3.63) is 95.6 Å². The maximum Gasteiger partial charge on any atom is 0.251 e. The number of halogens is 2. The number of amides is 1. The van der Waals surface area contributed by atoms with Crippen molar-refractivity contribution < 1.29 is 18.0 Å². The Balaban J connectivity index is 1.52. The molecule has 0 saturated heterocycles. The molecule has 2 heterocycles. The number of furan rings is 1. The quantitative estimate of drug-likeness (QED) is 0.566. The van der Waals surface area contributed by atoms with Gasteiger partial charge in [0, 0.05) is 29.2 Å². The van der Waals surface area contributed by atoms with Crippen molar-refractivity contribution in [1.29, 1.82) is 0 Å². The SMILES string of the molecule is O=C(NCc1ccco1)c1ccc2c(ccn2Cc2ccc(F)c(F)c2)c1. The lowest BCUT2D eigenvalue weighted by Crippen LogP contribution is -2.22. The fraction of sp³-hybridized carbons (Fsp3) is 0.0952. The molecule has 0 unspecified atom stereocenters. The summed E-state index contributed by atoms with van der Waals surface area (Å²) < 4.78 is 33.6. The molecule has 1 N–H and O–H groups in total. The van der Waals surface area contributed by atoms with Crippen LogP contribution >= 0.6 is 0 Å². The number of benzene rings is 2.